The molecule has 25 heavy (non-hydrogen) atoms. The predicted molar refractivity (Wildman–Crippen MR) is 89.6 cm³/mol. The number of carbonyl (C=O) groups is 1. The summed E-state index contributed by atoms with van der Waals surface area (Å²) in [5.74, 6) is -0.207. The van der Waals surface area contributed by atoms with Crippen molar-refractivity contribution in [3.63, 3.8) is 0 Å². The van der Waals surface area contributed by atoms with E-state index in [-0.39, 0.29) is 11.6 Å². The highest BCUT2D eigenvalue weighted by Crippen LogP contribution is 2.25. The monoisotopic (exact) mass is 359 g/mol. The molecule has 1 aliphatic heterocycles. The molecule has 2 heterocycles. The van der Waals surface area contributed by atoms with Crippen molar-refractivity contribution in [2.45, 2.75) is 32.1 Å². The Morgan fingerprint density at radius 3 is 2.64 bits per heavy atom. The summed E-state index contributed by atoms with van der Waals surface area (Å²) in [5.41, 5.74) is 0.234. The fraction of sp³-hybridized carbons (Fsp3) is 0.625. The van der Waals surface area contributed by atoms with Crippen LogP contribution in [0.3, 0.4) is 0 Å². The van der Waals surface area contributed by atoms with Crippen molar-refractivity contribution < 1.29 is 18.0 Å². The van der Waals surface area contributed by atoms with E-state index in [1.54, 1.807) is 12.1 Å². The summed E-state index contributed by atoms with van der Waals surface area (Å²) >= 11 is 0. The standard InChI is InChI=1S/C16H24F3N5O/c1-11(2)23-14-12(4-3-5-21-14)15(25)22-10-13(16(17,18)19)24-8-6-20-7-9-24/h3-5,11,13,20H,6-10H2,1-2H3,(H,21,23)(H,22,25). The molecule has 0 spiro atoms. The first-order valence-corrected chi connectivity index (χ1v) is 8.30. The maximum absolute atomic E-state index is 13.4. The average Bonchev–Trinajstić information content (AvgIpc) is 2.54. The van der Waals surface area contributed by atoms with Gasteiger partial charge in [-0.2, -0.15) is 13.2 Å². The lowest BCUT2D eigenvalue weighted by Gasteiger charge is -2.35. The van der Waals surface area contributed by atoms with Crippen LogP contribution in [0.2, 0.25) is 0 Å². The van der Waals surface area contributed by atoms with Crippen molar-refractivity contribution in [2.24, 2.45) is 0 Å². The van der Waals surface area contributed by atoms with E-state index < -0.39 is 24.7 Å². The highest BCUT2D eigenvalue weighted by molar-refractivity contribution is 5.98. The van der Waals surface area contributed by atoms with Crippen LogP contribution in [0.4, 0.5) is 19.0 Å². The second-order valence-electron chi connectivity index (χ2n) is 6.25. The summed E-state index contributed by atoms with van der Waals surface area (Å²) < 4.78 is 40.1. The summed E-state index contributed by atoms with van der Waals surface area (Å²) in [6.07, 6.45) is -2.88. The Balaban J connectivity index is 2.06. The van der Waals surface area contributed by atoms with Gasteiger partial charge in [0.2, 0.25) is 0 Å². The van der Waals surface area contributed by atoms with Crippen LogP contribution in [0, 0.1) is 0 Å². The largest absolute Gasteiger partial charge is 0.405 e. The second kappa shape index (κ2) is 8.48. The van der Waals surface area contributed by atoms with Crippen molar-refractivity contribution >= 4 is 11.7 Å². The average molecular weight is 359 g/mol. The Morgan fingerprint density at radius 1 is 1.36 bits per heavy atom. The molecule has 2 rings (SSSR count). The van der Waals surface area contributed by atoms with Gasteiger partial charge in [-0.25, -0.2) is 4.98 Å². The third-order valence-electron chi connectivity index (χ3n) is 3.90. The van der Waals surface area contributed by atoms with E-state index in [2.05, 4.69) is 20.9 Å². The van der Waals surface area contributed by atoms with Crippen LogP contribution in [0.5, 0.6) is 0 Å². The Bertz CT molecular complexity index is 573. The Kier molecular flexibility index (Phi) is 6.60. The molecular weight excluding hydrogens is 335 g/mol. The topological polar surface area (TPSA) is 69.3 Å². The zero-order chi connectivity index (χ0) is 18.4. The SMILES string of the molecule is CC(C)Nc1ncccc1C(=O)NCC(N1CCNCC1)C(F)(F)F. The van der Waals surface area contributed by atoms with Gasteiger partial charge in [0, 0.05) is 45.0 Å². The molecule has 1 unspecified atom stereocenters. The molecular formula is C16H24F3N5O. The highest BCUT2D eigenvalue weighted by Gasteiger charge is 2.43. The van der Waals surface area contributed by atoms with Crippen molar-refractivity contribution in [3.8, 4) is 0 Å². The maximum Gasteiger partial charge on any atom is 0.405 e. The number of rotatable bonds is 6. The van der Waals surface area contributed by atoms with E-state index in [9.17, 15) is 18.0 Å². The molecule has 1 atom stereocenters. The number of anilines is 1. The summed E-state index contributed by atoms with van der Waals surface area (Å²) in [6.45, 7) is 4.90. The molecule has 0 aromatic carbocycles. The summed E-state index contributed by atoms with van der Waals surface area (Å²) in [4.78, 5) is 17.8. The molecule has 3 N–H and O–H groups in total. The number of hydrogen-bond donors (Lipinski definition) is 3. The fourth-order valence-electron chi connectivity index (χ4n) is 2.71. The lowest BCUT2D eigenvalue weighted by atomic mass is 10.2. The van der Waals surface area contributed by atoms with Crippen LogP contribution in [-0.4, -0.2) is 66.8 Å². The Labute approximate surface area is 145 Å². The van der Waals surface area contributed by atoms with E-state index in [1.807, 2.05) is 13.8 Å². The quantitative estimate of drug-likeness (QED) is 0.718. The van der Waals surface area contributed by atoms with Gasteiger partial charge in [-0.05, 0) is 26.0 Å². The molecule has 1 aliphatic rings. The van der Waals surface area contributed by atoms with Gasteiger partial charge < -0.3 is 16.0 Å². The van der Waals surface area contributed by atoms with E-state index >= 15 is 0 Å². The van der Waals surface area contributed by atoms with Crippen LogP contribution < -0.4 is 16.0 Å². The lowest BCUT2D eigenvalue weighted by Crippen LogP contribution is -2.57. The van der Waals surface area contributed by atoms with Crippen LogP contribution >= 0.6 is 0 Å². The Hall–Kier alpha value is -1.87. The van der Waals surface area contributed by atoms with E-state index in [0.29, 0.717) is 32.0 Å². The van der Waals surface area contributed by atoms with Gasteiger partial charge in [0.05, 0.1) is 5.56 Å². The van der Waals surface area contributed by atoms with Crippen LogP contribution in [0.25, 0.3) is 0 Å². The summed E-state index contributed by atoms with van der Waals surface area (Å²) in [7, 11) is 0. The predicted octanol–water partition coefficient (Wildman–Crippen LogP) is 1.47. The normalized spacial score (nSPS) is 17.4. The summed E-state index contributed by atoms with van der Waals surface area (Å²) in [5, 5.41) is 8.46. The molecule has 1 aromatic rings. The fourth-order valence-corrected chi connectivity index (χ4v) is 2.71. The zero-order valence-corrected chi connectivity index (χ0v) is 14.4. The maximum atomic E-state index is 13.4. The molecule has 1 saturated heterocycles. The van der Waals surface area contributed by atoms with E-state index in [0.717, 1.165) is 0 Å². The minimum Gasteiger partial charge on any atom is -0.367 e. The minimum atomic E-state index is -4.40. The zero-order valence-electron chi connectivity index (χ0n) is 14.4. The molecule has 9 heteroatoms. The van der Waals surface area contributed by atoms with E-state index in [1.165, 1.54) is 11.1 Å². The molecule has 0 saturated carbocycles. The first-order valence-electron chi connectivity index (χ1n) is 8.30. The highest BCUT2D eigenvalue weighted by atomic mass is 19.4. The number of pyridine rings is 1. The third-order valence-corrected chi connectivity index (χ3v) is 3.90. The van der Waals surface area contributed by atoms with E-state index in [4.69, 9.17) is 0 Å². The van der Waals surface area contributed by atoms with Gasteiger partial charge >= 0.3 is 6.18 Å². The second-order valence-corrected chi connectivity index (χ2v) is 6.25. The first kappa shape index (κ1) is 19.5. The van der Waals surface area contributed by atoms with Gasteiger partial charge in [-0.15, -0.1) is 0 Å². The molecule has 0 radical (unpaired) electrons. The molecule has 1 aromatic heterocycles. The van der Waals surface area contributed by atoms with Crippen LogP contribution in [0.15, 0.2) is 18.3 Å². The molecule has 1 fully saturated rings. The van der Waals surface area contributed by atoms with Crippen molar-refractivity contribution in [2.75, 3.05) is 38.0 Å². The van der Waals surface area contributed by atoms with Crippen molar-refractivity contribution in [3.05, 3.63) is 23.9 Å². The molecule has 140 valence electrons. The number of carbonyl (C=O) groups excluding carboxylic acids is 1. The number of nitrogens with zero attached hydrogens (tertiary/aromatic N) is 2. The number of amides is 1. The minimum absolute atomic E-state index is 0.0465. The molecule has 0 bridgehead atoms. The number of hydrogen-bond acceptors (Lipinski definition) is 5. The van der Waals surface area contributed by atoms with Gasteiger partial charge in [-0.1, -0.05) is 0 Å². The number of piperazine rings is 1. The number of halogens is 3. The summed E-state index contributed by atoms with van der Waals surface area (Å²) in [6, 6.07) is 1.47. The Morgan fingerprint density at radius 2 is 2.04 bits per heavy atom. The van der Waals surface area contributed by atoms with Crippen LogP contribution in [0.1, 0.15) is 24.2 Å². The number of aromatic nitrogens is 1. The first-order chi connectivity index (χ1) is 11.8. The van der Waals surface area contributed by atoms with Gasteiger partial charge in [0.15, 0.2) is 0 Å². The van der Waals surface area contributed by atoms with Gasteiger partial charge in [0.1, 0.15) is 11.9 Å². The number of alkyl halides is 3. The molecule has 0 aliphatic carbocycles. The molecule has 1 amide bonds. The smallest absolute Gasteiger partial charge is 0.367 e. The van der Waals surface area contributed by atoms with Crippen molar-refractivity contribution in [1.29, 1.82) is 0 Å². The third kappa shape index (κ3) is 5.57. The lowest BCUT2D eigenvalue weighted by molar-refractivity contribution is -0.183. The number of nitrogens with one attached hydrogen (secondary N) is 3. The van der Waals surface area contributed by atoms with Gasteiger partial charge in [-0.3, -0.25) is 9.69 Å². The van der Waals surface area contributed by atoms with Crippen molar-refractivity contribution in [1.82, 2.24) is 20.5 Å². The molecule has 6 nitrogen and oxygen atoms in total. The van der Waals surface area contributed by atoms with Crippen LogP contribution in [-0.2, 0) is 0 Å². The van der Waals surface area contributed by atoms with Gasteiger partial charge in [0.25, 0.3) is 5.91 Å².